The molecule has 0 radical (unpaired) electrons. The van der Waals surface area contributed by atoms with Crippen LogP contribution in [0.15, 0.2) is 18.3 Å². The van der Waals surface area contributed by atoms with Crippen LogP contribution in [0.5, 0.6) is 0 Å². The van der Waals surface area contributed by atoms with Gasteiger partial charge in [0.25, 0.3) is 5.91 Å². The molecule has 1 aromatic carbocycles. The number of amides is 1. The van der Waals surface area contributed by atoms with Crippen LogP contribution in [0.4, 0.5) is 5.82 Å². The van der Waals surface area contributed by atoms with Crippen LogP contribution in [0, 0.1) is 0 Å². The van der Waals surface area contributed by atoms with Crippen molar-refractivity contribution in [3.63, 3.8) is 0 Å². The highest BCUT2D eigenvalue weighted by atomic mass is 16.5. The van der Waals surface area contributed by atoms with E-state index in [9.17, 15) is 15.0 Å². The fourth-order valence-electron chi connectivity index (χ4n) is 3.89. The van der Waals surface area contributed by atoms with E-state index in [0.29, 0.717) is 49.7 Å². The first-order chi connectivity index (χ1) is 13.6. The predicted molar refractivity (Wildman–Crippen MR) is 108 cm³/mol. The third kappa shape index (κ3) is 4.12. The number of carbonyl (C=O) groups is 1. The molecule has 1 aromatic heterocycles. The van der Waals surface area contributed by atoms with Crippen LogP contribution in [0.25, 0.3) is 10.8 Å². The second kappa shape index (κ2) is 8.89. The summed E-state index contributed by atoms with van der Waals surface area (Å²) in [6, 6.07) is 3.60. The molecule has 2 aromatic rings. The molecular formula is C20H30N5O4+. The van der Waals surface area contributed by atoms with Gasteiger partial charge in [0.1, 0.15) is 6.10 Å². The molecule has 0 spiro atoms. The van der Waals surface area contributed by atoms with Crippen molar-refractivity contribution in [1.29, 1.82) is 0 Å². The Kier molecular flexibility index (Phi) is 6.51. The van der Waals surface area contributed by atoms with E-state index in [2.05, 4.69) is 5.10 Å². The van der Waals surface area contributed by atoms with Crippen molar-refractivity contribution in [3.8, 4) is 0 Å². The molecule has 2 aliphatic heterocycles. The Balaban J connectivity index is 0.00000240. The van der Waals surface area contributed by atoms with Gasteiger partial charge < -0.3 is 25.6 Å². The highest BCUT2D eigenvalue weighted by molar-refractivity contribution is 5.90. The summed E-state index contributed by atoms with van der Waals surface area (Å²) in [6.07, 6.45) is 3.33. The first-order valence-corrected chi connectivity index (χ1v) is 9.62. The Hall–Kier alpha value is -2.49. The molecule has 1 amide bonds. The van der Waals surface area contributed by atoms with E-state index < -0.39 is 0 Å². The van der Waals surface area contributed by atoms with E-state index in [-0.39, 0.29) is 32.7 Å². The van der Waals surface area contributed by atoms with E-state index in [1.165, 1.54) is 0 Å². The van der Waals surface area contributed by atoms with Crippen LogP contribution in [0.3, 0.4) is 0 Å². The zero-order valence-electron chi connectivity index (χ0n) is 15.8. The standard InChI is InChI=1S/C19H26N5O4.CH4/c20-18-16-9-15(12-26)14(11-25)8-13(16)10-24(21-18)23-5-3-22(4-6-23)19(27)17-2-1-7-28-17;/h8-10,17,25-26H,1-7,11-12H2,(H2,20,21);1H4/q+1;. The summed E-state index contributed by atoms with van der Waals surface area (Å²) in [7, 11) is 0. The number of nitrogens with two attached hydrogens (primary N) is 1. The molecule has 0 aliphatic carbocycles. The highest BCUT2D eigenvalue weighted by Gasteiger charge is 2.32. The Morgan fingerprint density at radius 2 is 1.90 bits per heavy atom. The number of ether oxygens (including phenoxy) is 1. The summed E-state index contributed by atoms with van der Waals surface area (Å²) in [6.45, 7) is 2.85. The van der Waals surface area contributed by atoms with Crippen LogP contribution >= 0.6 is 0 Å². The van der Waals surface area contributed by atoms with Crippen LogP contribution in [0.2, 0.25) is 0 Å². The SMILES string of the molecule is C.Nc1n[n+](N2CCN(C(=O)C3CCCO3)CC2)cc2cc(CO)c(CO)cc12. The van der Waals surface area contributed by atoms with E-state index in [0.717, 1.165) is 23.6 Å². The maximum Gasteiger partial charge on any atom is 0.251 e. The number of hydrogen-bond acceptors (Lipinski definition) is 7. The van der Waals surface area contributed by atoms with Gasteiger partial charge in [0, 0.05) is 35.0 Å². The van der Waals surface area contributed by atoms with Gasteiger partial charge in [-0.2, -0.15) is 5.01 Å². The normalized spacial score (nSPS) is 19.4. The third-order valence-electron chi connectivity index (χ3n) is 5.52. The van der Waals surface area contributed by atoms with E-state index >= 15 is 0 Å². The lowest BCUT2D eigenvalue weighted by Gasteiger charge is -2.32. The molecule has 2 saturated heterocycles. The van der Waals surface area contributed by atoms with Gasteiger partial charge in [-0.3, -0.25) is 4.79 Å². The largest absolute Gasteiger partial charge is 0.392 e. The lowest BCUT2D eigenvalue weighted by atomic mass is 10.0. The quantitative estimate of drug-likeness (QED) is 0.598. The number of benzene rings is 1. The van der Waals surface area contributed by atoms with Gasteiger partial charge in [0.15, 0.2) is 0 Å². The number of nitrogen functional groups attached to an aromatic ring is 1. The van der Waals surface area contributed by atoms with Gasteiger partial charge in [0.05, 0.1) is 31.7 Å². The van der Waals surface area contributed by atoms with Crippen molar-refractivity contribution in [3.05, 3.63) is 29.5 Å². The monoisotopic (exact) mass is 404 g/mol. The lowest BCUT2D eigenvalue weighted by molar-refractivity contribution is -0.748. The summed E-state index contributed by atoms with van der Waals surface area (Å²) in [5.41, 5.74) is 7.46. The number of piperazine rings is 1. The van der Waals surface area contributed by atoms with Crippen LogP contribution in [-0.2, 0) is 22.7 Å². The second-order valence-corrected chi connectivity index (χ2v) is 7.24. The number of carbonyl (C=O) groups excluding carboxylic acids is 1. The molecule has 9 heteroatoms. The van der Waals surface area contributed by atoms with Crippen LogP contribution in [-0.4, -0.2) is 65.0 Å². The molecule has 29 heavy (non-hydrogen) atoms. The minimum atomic E-state index is -0.286. The van der Waals surface area contributed by atoms with Crippen LogP contribution in [0.1, 0.15) is 31.4 Å². The van der Waals surface area contributed by atoms with Crippen molar-refractivity contribution in [2.45, 2.75) is 39.6 Å². The summed E-state index contributed by atoms with van der Waals surface area (Å²) in [5, 5.41) is 27.1. The van der Waals surface area contributed by atoms with Gasteiger partial charge in [-0.15, -0.1) is 0 Å². The highest BCUT2D eigenvalue weighted by Crippen LogP contribution is 2.23. The number of aromatic nitrogens is 2. The predicted octanol–water partition coefficient (Wildman–Crippen LogP) is -0.316. The fourth-order valence-corrected chi connectivity index (χ4v) is 3.89. The summed E-state index contributed by atoms with van der Waals surface area (Å²) in [5.74, 6) is 0.437. The van der Waals surface area contributed by atoms with E-state index in [4.69, 9.17) is 10.5 Å². The Morgan fingerprint density at radius 1 is 1.21 bits per heavy atom. The van der Waals surface area contributed by atoms with Crippen molar-refractivity contribution in [2.75, 3.05) is 43.5 Å². The maximum absolute atomic E-state index is 12.5. The summed E-state index contributed by atoms with van der Waals surface area (Å²) >= 11 is 0. The molecule has 4 N–H and O–H groups in total. The molecule has 2 aliphatic rings. The van der Waals surface area contributed by atoms with Gasteiger partial charge in [-0.25, -0.2) is 0 Å². The Labute approximate surface area is 170 Å². The molecule has 0 bridgehead atoms. The summed E-state index contributed by atoms with van der Waals surface area (Å²) < 4.78 is 5.51. The number of anilines is 1. The molecule has 9 nitrogen and oxygen atoms in total. The zero-order valence-corrected chi connectivity index (χ0v) is 15.8. The fraction of sp³-hybridized carbons (Fsp3) is 0.550. The topological polar surface area (TPSA) is 116 Å². The van der Waals surface area contributed by atoms with Crippen LogP contribution < -0.4 is 15.5 Å². The number of aliphatic hydroxyl groups is 2. The number of aliphatic hydroxyl groups excluding tert-OH is 2. The molecule has 0 saturated carbocycles. The average molecular weight is 404 g/mol. The minimum Gasteiger partial charge on any atom is -0.392 e. The van der Waals surface area contributed by atoms with Crippen molar-refractivity contribution >= 4 is 22.5 Å². The number of fused-ring (bicyclic) bond motifs is 1. The van der Waals surface area contributed by atoms with E-state index in [1.807, 2.05) is 22.2 Å². The van der Waals surface area contributed by atoms with Gasteiger partial charge in [-0.1, -0.05) is 7.43 Å². The average Bonchev–Trinajstić information content (AvgIpc) is 3.27. The molecule has 2 fully saturated rings. The molecule has 1 atom stereocenters. The maximum atomic E-state index is 12.5. The van der Waals surface area contributed by atoms with Gasteiger partial charge >= 0.3 is 0 Å². The Bertz CT molecular complexity index is 877. The second-order valence-electron chi connectivity index (χ2n) is 7.24. The molecule has 158 valence electrons. The number of nitrogens with zero attached hydrogens (tertiary/aromatic N) is 4. The van der Waals surface area contributed by atoms with Gasteiger partial charge in [0.2, 0.25) is 12.0 Å². The molecule has 1 unspecified atom stereocenters. The summed E-state index contributed by atoms with van der Waals surface area (Å²) in [4.78, 5) is 16.1. The molecular weight excluding hydrogens is 374 g/mol. The first-order valence-electron chi connectivity index (χ1n) is 9.62. The zero-order chi connectivity index (χ0) is 19.7. The first kappa shape index (κ1) is 21.2. The number of rotatable bonds is 4. The minimum absolute atomic E-state index is 0. The van der Waals surface area contributed by atoms with Crippen molar-refractivity contribution in [1.82, 2.24) is 10.00 Å². The lowest BCUT2D eigenvalue weighted by Crippen LogP contribution is -2.67. The third-order valence-corrected chi connectivity index (χ3v) is 5.52. The van der Waals surface area contributed by atoms with Gasteiger partial charge in [-0.05, 0) is 36.1 Å². The Morgan fingerprint density at radius 3 is 2.52 bits per heavy atom. The van der Waals surface area contributed by atoms with Crippen molar-refractivity contribution < 1.29 is 24.5 Å². The molecule has 3 heterocycles. The number of hydrogen-bond donors (Lipinski definition) is 3. The molecule has 4 rings (SSSR count). The smallest absolute Gasteiger partial charge is 0.251 e. The van der Waals surface area contributed by atoms with Crippen molar-refractivity contribution in [2.24, 2.45) is 0 Å². The van der Waals surface area contributed by atoms with E-state index in [1.54, 1.807) is 10.9 Å².